The van der Waals surface area contributed by atoms with Crippen LogP contribution in [0.15, 0.2) is 30.6 Å². The molecule has 1 aliphatic heterocycles. The number of hydrogen-bond donors (Lipinski definition) is 1. The third kappa shape index (κ3) is 1.99. The fourth-order valence-electron chi connectivity index (χ4n) is 2.55. The fourth-order valence-corrected chi connectivity index (χ4v) is 2.55. The van der Waals surface area contributed by atoms with Crippen molar-refractivity contribution in [1.29, 1.82) is 5.26 Å². The first-order chi connectivity index (χ1) is 9.25. The van der Waals surface area contributed by atoms with Crippen molar-refractivity contribution in [2.45, 2.75) is 18.9 Å². The summed E-state index contributed by atoms with van der Waals surface area (Å²) in [4.78, 5) is 4.39. The molecule has 98 valence electrons. The average molecular weight is 257 g/mol. The number of aliphatic hydroxyl groups is 1. The number of aliphatic hydroxyl groups excluding tert-OH is 1. The first kappa shape index (κ1) is 12.2. The standard InChI is InChI=1S/C14H15N3O2/c15-9-14(5-3-7-19-10-14)13(18)11-8-17-6-2-1-4-12(17)16-11/h1-2,4,6,8,13,18H,3,5,7,10H2. The zero-order valence-electron chi connectivity index (χ0n) is 10.5. The molecule has 0 radical (unpaired) electrons. The van der Waals surface area contributed by atoms with Crippen LogP contribution in [0.2, 0.25) is 0 Å². The smallest absolute Gasteiger partial charge is 0.137 e. The van der Waals surface area contributed by atoms with Gasteiger partial charge in [0.05, 0.1) is 18.4 Å². The highest BCUT2D eigenvalue weighted by molar-refractivity contribution is 5.40. The van der Waals surface area contributed by atoms with Gasteiger partial charge in [-0.25, -0.2) is 4.98 Å². The number of nitrogens with zero attached hydrogens (tertiary/aromatic N) is 3. The molecule has 0 aliphatic carbocycles. The van der Waals surface area contributed by atoms with Gasteiger partial charge in [-0.05, 0) is 25.0 Å². The minimum atomic E-state index is -0.919. The molecule has 1 aliphatic rings. The van der Waals surface area contributed by atoms with Crippen LogP contribution in [-0.4, -0.2) is 27.7 Å². The molecule has 2 aromatic heterocycles. The Morgan fingerprint density at radius 3 is 3.11 bits per heavy atom. The molecule has 0 spiro atoms. The average Bonchev–Trinajstić information content (AvgIpc) is 2.91. The van der Waals surface area contributed by atoms with E-state index in [-0.39, 0.29) is 6.61 Å². The van der Waals surface area contributed by atoms with Crippen LogP contribution in [0.1, 0.15) is 24.6 Å². The number of fused-ring (bicyclic) bond motifs is 1. The molecule has 0 bridgehead atoms. The van der Waals surface area contributed by atoms with Gasteiger partial charge >= 0.3 is 0 Å². The molecule has 19 heavy (non-hydrogen) atoms. The van der Waals surface area contributed by atoms with Crippen molar-refractivity contribution in [3.63, 3.8) is 0 Å². The lowest BCUT2D eigenvalue weighted by Crippen LogP contribution is -2.36. The topological polar surface area (TPSA) is 70.5 Å². The number of nitriles is 1. The minimum Gasteiger partial charge on any atom is -0.385 e. The highest BCUT2D eigenvalue weighted by atomic mass is 16.5. The molecule has 3 rings (SSSR count). The van der Waals surface area contributed by atoms with Crippen molar-refractivity contribution < 1.29 is 9.84 Å². The fraction of sp³-hybridized carbons (Fsp3) is 0.429. The van der Waals surface area contributed by atoms with Crippen molar-refractivity contribution in [3.8, 4) is 6.07 Å². The molecule has 2 aromatic rings. The van der Waals surface area contributed by atoms with Crippen molar-refractivity contribution in [2.75, 3.05) is 13.2 Å². The third-order valence-corrected chi connectivity index (χ3v) is 3.68. The van der Waals surface area contributed by atoms with Crippen LogP contribution in [0.5, 0.6) is 0 Å². The van der Waals surface area contributed by atoms with E-state index in [1.165, 1.54) is 0 Å². The van der Waals surface area contributed by atoms with Crippen LogP contribution in [-0.2, 0) is 4.74 Å². The lowest BCUT2D eigenvalue weighted by Gasteiger charge is -2.33. The summed E-state index contributed by atoms with van der Waals surface area (Å²) in [5, 5.41) is 19.9. The van der Waals surface area contributed by atoms with E-state index in [1.54, 1.807) is 6.20 Å². The summed E-state index contributed by atoms with van der Waals surface area (Å²) >= 11 is 0. The zero-order chi connectivity index (χ0) is 13.3. The number of pyridine rings is 1. The minimum absolute atomic E-state index is 0.262. The van der Waals surface area contributed by atoms with E-state index in [2.05, 4.69) is 11.1 Å². The van der Waals surface area contributed by atoms with Crippen LogP contribution in [0.25, 0.3) is 5.65 Å². The van der Waals surface area contributed by atoms with E-state index in [4.69, 9.17) is 4.74 Å². The maximum absolute atomic E-state index is 10.5. The summed E-state index contributed by atoms with van der Waals surface area (Å²) in [5.74, 6) is 0. The largest absolute Gasteiger partial charge is 0.385 e. The van der Waals surface area contributed by atoms with Gasteiger partial charge in [0, 0.05) is 19.0 Å². The van der Waals surface area contributed by atoms with E-state index >= 15 is 0 Å². The predicted molar refractivity (Wildman–Crippen MR) is 68.3 cm³/mol. The van der Waals surface area contributed by atoms with Gasteiger partial charge in [0.15, 0.2) is 0 Å². The van der Waals surface area contributed by atoms with Crippen LogP contribution in [0, 0.1) is 16.7 Å². The molecule has 0 aromatic carbocycles. The number of hydrogen-bond acceptors (Lipinski definition) is 4. The molecular formula is C14H15N3O2. The number of imidazole rings is 1. The van der Waals surface area contributed by atoms with E-state index < -0.39 is 11.5 Å². The molecule has 5 heteroatoms. The van der Waals surface area contributed by atoms with Gasteiger partial charge in [-0.2, -0.15) is 5.26 Å². The normalized spacial score (nSPS) is 25.1. The van der Waals surface area contributed by atoms with Crippen LogP contribution < -0.4 is 0 Å². The van der Waals surface area contributed by atoms with E-state index in [1.807, 2.05) is 28.8 Å². The number of ether oxygens (including phenoxy) is 1. The Hall–Kier alpha value is -1.90. The molecule has 3 heterocycles. The molecule has 0 amide bonds. The Morgan fingerprint density at radius 2 is 2.42 bits per heavy atom. The lowest BCUT2D eigenvalue weighted by atomic mass is 9.77. The Labute approximate surface area is 111 Å². The first-order valence-corrected chi connectivity index (χ1v) is 6.36. The van der Waals surface area contributed by atoms with Gasteiger partial charge in [-0.15, -0.1) is 0 Å². The summed E-state index contributed by atoms with van der Waals surface area (Å²) in [6.45, 7) is 0.917. The highest BCUT2D eigenvalue weighted by Gasteiger charge is 2.42. The molecule has 0 saturated carbocycles. The summed E-state index contributed by atoms with van der Waals surface area (Å²) in [6, 6.07) is 7.89. The highest BCUT2D eigenvalue weighted by Crippen LogP contribution is 2.39. The van der Waals surface area contributed by atoms with Gasteiger partial charge in [0.1, 0.15) is 17.2 Å². The lowest BCUT2D eigenvalue weighted by molar-refractivity contribution is -0.0519. The molecule has 1 fully saturated rings. The Bertz CT molecular complexity index is 590. The molecular weight excluding hydrogens is 242 g/mol. The SMILES string of the molecule is N#CC1(C(O)c2cn3ccccc3n2)CCCOC1. The number of aromatic nitrogens is 2. The van der Waals surface area contributed by atoms with Gasteiger partial charge in [-0.3, -0.25) is 0 Å². The second-order valence-electron chi connectivity index (χ2n) is 4.96. The molecule has 2 atom stereocenters. The third-order valence-electron chi connectivity index (χ3n) is 3.68. The number of rotatable bonds is 2. The molecule has 2 unspecified atom stereocenters. The Morgan fingerprint density at radius 1 is 1.53 bits per heavy atom. The van der Waals surface area contributed by atoms with E-state index in [0.717, 1.165) is 12.1 Å². The summed E-state index contributed by atoms with van der Waals surface area (Å²) in [6.07, 6.45) is 4.15. The van der Waals surface area contributed by atoms with Gasteiger partial charge in [0.2, 0.25) is 0 Å². The van der Waals surface area contributed by atoms with Gasteiger partial charge in [-0.1, -0.05) is 6.07 Å². The molecule has 1 N–H and O–H groups in total. The maximum Gasteiger partial charge on any atom is 0.137 e. The summed E-state index contributed by atoms with van der Waals surface area (Å²) < 4.78 is 7.22. The van der Waals surface area contributed by atoms with Crippen molar-refractivity contribution in [1.82, 2.24) is 9.38 Å². The van der Waals surface area contributed by atoms with Gasteiger partial charge < -0.3 is 14.2 Å². The maximum atomic E-state index is 10.5. The molecule has 5 nitrogen and oxygen atoms in total. The van der Waals surface area contributed by atoms with Crippen LogP contribution >= 0.6 is 0 Å². The molecule has 1 saturated heterocycles. The summed E-state index contributed by atoms with van der Waals surface area (Å²) in [7, 11) is 0. The second-order valence-corrected chi connectivity index (χ2v) is 4.96. The van der Waals surface area contributed by atoms with E-state index in [9.17, 15) is 10.4 Å². The second kappa shape index (κ2) is 4.65. The van der Waals surface area contributed by atoms with Crippen molar-refractivity contribution >= 4 is 5.65 Å². The monoisotopic (exact) mass is 257 g/mol. The zero-order valence-corrected chi connectivity index (χ0v) is 10.5. The Kier molecular flexibility index (Phi) is 2.97. The summed E-state index contributed by atoms with van der Waals surface area (Å²) in [5.41, 5.74) is 0.413. The predicted octanol–water partition coefficient (Wildman–Crippen LogP) is 1.69. The Balaban J connectivity index is 1.98. The van der Waals surface area contributed by atoms with Crippen molar-refractivity contribution in [3.05, 3.63) is 36.3 Å². The van der Waals surface area contributed by atoms with Crippen LogP contribution in [0.3, 0.4) is 0 Å². The van der Waals surface area contributed by atoms with E-state index in [0.29, 0.717) is 18.7 Å². The van der Waals surface area contributed by atoms with Crippen molar-refractivity contribution in [2.24, 2.45) is 5.41 Å². The quantitative estimate of drug-likeness (QED) is 0.888. The van der Waals surface area contributed by atoms with Crippen LogP contribution in [0.4, 0.5) is 0 Å². The van der Waals surface area contributed by atoms with Gasteiger partial charge in [0.25, 0.3) is 0 Å². The first-order valence-electron chi connectivity index (χ1n) is 6.36.